The second-order valence-electron chi connectivity index (χ2n) is 11.6. The van der Waals surface area contributed by atoms with Crippen molar-refractivity contribution < 1.29 is 9.90 Å². The molecule has 0 aromatic carbocycles. The van der Waals surface area contributed by atoms with Gasteiger partial charge < -0.3 is 10.4 Å². The normalized spacial score (nSPS) is 20.5. The maximum Gasteiger partial charge on any atom is 0.188 e. The second-order valence-corrected chi connectivity index (χ2v) is 14.7. The monoisotopic (exact) mass is 560 g/mol. The zero-order chi connectivity index (χ0) is 26.2. The third-order valence-electron chi connectivity index (χ3n) is 8.29. The van der Waals surface area contributed by atoms with E-state index in [1.807, 2.05) is 27.0 Å². The first kappa shape index (κ1) is 27.6. The van der Waals surface area contributed by atoms with E-state index in [4.69, 9.17) is 4.98 Å². The van der Waals surface area contributed by atoms with Crippen molar-refractivity contribution in [3.05, 3.63) is 22.2 Å². The van der Waals surface area contributed by atoms with Crippen LogP contribution in [0.4, 0.5) is 0 Å². The van der Waals surface area contributed by atoms with Crippen LogP contribution in [0.3, 0.4) is 0 Å². The summed E-state index contributed by atoms with van der Waals surface area (Å²) >= 11 is 4.91. The molecule has 2 saturated heterocycles. The number of Topliss-reactive ketones (excluding diaryl/α,β-unsaturated/α-hetero) is 1. The van der Waals surface area contributed by atoms with Gasteiger partial charge in [-0.1, -0.05) is 32.5 Å². The van der Waals surface area contributed by atoms with Crippen LogP contribution >= 0.6 is 34.9 Å². The summed E-state index contributed by atoms with van der Waals surface area (Å²) in [5.41, 5.74) is 4.24. The van der Waals surface area contributed by atoms with Gasteiger partial charge in [-0.25, -0.2) is 9.97 Å². The number of aryl methyl sites for hydroxylation is 1. The number of likely N-dealkylation sites (tertiary alicyclic amines) is 1. The minimum Gasteiger partial charge on any atom is -0.373 e. The van der Waals surface area contributed by atoms with Crippen LogP contribution < -0.4 is 5.32 Å². The summed E-state index contributed by atoms with van der Waals surface area (Å²) in [6, 6.07) is 0. The van der Waals surface area contributed by atoms with E-state index in [1.165, 1.54) is 52.8 Å². The van der Waals surface area contributed by atoms with E-state index >= 15 is 0 Å². The van der Waals surface area contributed by atoms with Crippen molar-refractivity contribution in [1.29, 1.82) is 0 Å². The molecular weight excluding hydrogens is 521 g/mol. The lowest BCUT2D eigenvalue weighted by Gasteiger charge is -2.39. The highest BCUT2D eigenvalue weighted by Crippen LogP contribution is 2.48. The predicted octanol–water partition coefficient (Wildman–Crippen LogP) is 5.44. The molecule has 1 unspecified atom stereocenters. The lowest BCUT2D eigenvalue weighted by atomic mass is 9.79. The molecule has 2 fully saturated rings. The Kier molecular flexibility index (Phi) is 8.68. The minimum absolute atomic E-state index is 0.203. The zero-order valence-corrected chi connectivity index (χ0v) is 25.0. The molecule has 2 N–H and O–H groups in total. The van der Waals surface area contributed by atoms with Gasteiger partial charge in [0.2, 0.25) is 0 Å². The molecule has 0 saturated carbocycles. The second kappa shape index (κ2) is 11.6. The van der Waals surface area contributed by atoms with Crippen LogP contribution in [0, 0.1) is 17.3 Å². The lowest BCUT2D eigenvalue weighted by Crippen LogP contribution is -2.40. The summed E-state index contributed by atoms with van der Waals surface area (Å²) in [4.78, 5) is 25.4. The summed E-state index contributed by atoms with van der Waals surface area (Å²) in [6.07, 6.45) is 10.3. The number of aliphatic hydroxyl groups is 1. The molecule has 9 heteroatoms. The molecule has 4 heterocycles. The van der Waals surface area contributed by atoms with Crippen molar-refractivity contribution in [2.24, 2.45) is 17.3 Å². The molecule has 202 valence electrons. The van der Waals surface area contributed by atoms with E-state index in [0.29, 0.717) is 10.9 Å². The Balaban J connectivity index is 1.34. The largest absolute Gasteiger partial charge is 0.373 e. The number of ketones is 1. The number of hydrogen-bond donors (Lipinski definition) is 2. The van der Waals surface area contributed by atoms with Crippen molar-refractivity contribution in [3.8, 4) is 11.3 Å². The van der Waals surface area contributed by atoms with Crippen LogP contribution in [0.5, 0.6) is 0 Å². The van der Waals surface area contributed by atoms with Gasteiger partial charge in [0.15, 0.2) is 5.16 Å². The smallest absolute Gasteiger partial charge is 0.188 e. The molecular formula is C28H40N4O2S3. The molecule has 3 aliphatic rings. The average Bonchev–Trinajstić information content (AvgIpc) is 3.30. The fraction of sp³-hybridized carbons (Fsp3) is 0.679. The number of aliphatic hydroxyl groups excluding tert-OH is 1. The standard InChI is InChI=1S/C28H40N4O2S3/c1-28(2,3)21(33)16-36-27-30-15-19-5-6-20-22(23(19)31-27)26(35-4)37-24(20)25(34)32-13-9-18(10-14-32)17-7-11-29-12-8-17/h15,17-18,25,29,34H,5-14,16H2,1-4H3. The molecule has 0 bridgehead atoms. The summed E-state index contributed by atoms with van der Waals surface area (Å²) in [5, 5.41) is 15.7. The van der Waals surface area contributed by atoms with Crippen LogP contribution in [0.2, 0.25) is 0 Å². The van der Waals surface area contributed by atoms with Gasteiger partial charge in [-0.3, -0.25) is 9.69 Å². The zero-order valence-electron chi connectivity index (χ0n) is 22.5. The van der Waals surface area contributed by atoms with Crippen molar-refractivity contribution in [3.63, 3.8) is 0 Å². The van der Waals surface area contributed by atoms with E-state index in [1.54, 1.807) is 23.1 Å². The quantitative estimate of drug-likeness (QED) is 0.343. The maximum absolute atomic E-state index is 12.5. The van der Waals surface area contributed by atoms with E-state index < -0.39 is 6.23 Å². The molecule has 2 aliphatic heterocycles. The van der Waals surface area contributed by atoms with Gasteiger partial charge in [-0.15, -0.1) is 23.1 Å². The Morgan fingerprint density at radius 1 is 1.19 bits per heavy atom. The van der Waals surface area contributed by atoms with Crippen LogP contribution in [-0.4, -0.2) is 63.9 Å². The topological polar surface area (TPSA) is 78.4 Å². The van der Waals surface area contributed by atoms with Crippen molar-refractivity contribution in [1.82, 2.24) is 20.2 Å². The molecule has 5 rings (SSSR count). The molecule has 6 nitrogen and oxygen atoms in total. The Morgan fingerprint density at radius 2 is 1.89 bits per heavy atom. The van der Waals surface area contributed by atoms with Gasteiger partial charge in [0.25, 0.3) is 0 Å². The summed E-state index contributed by atoms with van der Waals surface area (Å²) in [6.45, 7) is 10.1. The highest BCUT2D eigenvalue weighted by Gasteiger charge is 2.34. The first-order valence-electron chi connectivity index (χ1n) is 13.6. The molecule has 0 spiro atoms. The van der Waals surface area contributed by atoms with Gasteiger partial charge in [0.05, 0.1) is 20.5 Å². The van der Waals surface area contributed by atoms with Crippen LogP contribution in [0.15, 0.2) is 15.6 Å². The number of fused-ring (bicyclic) bond motifs is 3. The third kappa shape index (κ3) is 5.97. The van der Waals surface area contributed by atoms with Crippen molar-refractivity contribution in [2.45, 2.75) is 74.9 Å². The lowest BCUT2D eigenvalue weighted by molar-refractivity contribution is -0.123. The fourth-order valence-electron chi connectivity index (χ4n) is 5.88. The van der Waals surface area contributed by atoms with E-state index in [-0.39, 0.29) is 11.2 Å². The summed E-state index contributed by atoms with van der Waals surface area (Å²) in [5.74, 6) is 2.23. The molecule has 1 aliphatic carbocycles. The SMILES string of the molecule is CSc1sc(C(O)N2CCC(C3CCNCC3)CC2)c2c1-c1nc(SCC(=O)C(C)(C)C)ncc1CC2. The molecule has 0 amide bonds. The average molecular weight is 561 g/mol. The molecule has 0 radical (unpaired) electrons. The van der Waals surface area contributed by atoms with Crippen LogP contribution in [0.1, 0.15) is 68.7 Å². The highest BCUT2D eigenvalue weighted by atomic mass is 32.2. The number of thioether (sulfide) groups is 2. The minimum atomic E-state index is -0.546. The van der Waals surface area contributed by atoms with E-state index in [2.05, 4.69) is 21.5 Å². The number of carbonyl (C=O) groups is 1. The van der Waals surface area contributed by atoms with Gasteiger partial charge >= 0.3 is 0 Å². The number of nitrogens with zero attached hydrogens (tertiary/aromatic N) is 3. The molecule has 2 aromatic rings. The summed E-state index contributed by atoms with van der Waals surface area (Å²) < 4.78 is 1.22. The molecule has 1 atom stereocenters. The first-order chi connectivity index (χ1) is 17.8. The van der Waals surface area contributed by atoms with Gasteiger partial charge in [-0.05, 0) is 80.8 Å². The number of aromatic nitrogens is 2. The van der Waals surface area contributed by atoms with Gasteiger partial charge in [0.1, 0.15) is 12.0 Å². The van der Waals surface area contributed by atoms with Crippen LogP contribution in [0.25, 0.3) is 11.3 Å². The predicted molar refractivity (Wildman–Crippen MR) is 155 cm³/mol. The van der Waals surface area contributed by atoms with Crippen LogP contribution in [-0.2, 0) is 17.6 Å². The number of piperidine rings is 2. The molecule has 2 aromatic heterocycles. The Bertz CT molecular complexity index is 1120. The number of carbonyl (C=O) groups excluding carboxylic acids is 1. The Hall–Kier alpha value is -0.970. The fourth-order valence-corrected chi connectivity index (χ4v) is 8.99. The molecule has 37 heavy (non-hydrogen) atoms. The van der Waals surface area contributed by atoms with Crippen molar-refractivity contribution in [2.75, 3.05) is 38.2 Å². The maximum atomic E-state index is 12.5. The number of thiophene rings is 1. The number of hydrogen-bond acceptors (Lipinski definition) is 9. The third-order valence-corrected chi connectivity index (χ3v) is 11.5. The van der Waals surface area contributed by atoms with Gasteiger partial charge in [-0.2, -0.15) is 0 Å². The number of nitrogens with one attached hydrogen (secondary N) is 1. The first-order valence-corrected chi connectivity index (χ1v) is 16.6. The highest BCUT2D eigenvalue weighted by molar-refractivity contribution is 8.00. The summed E-state index contributed by atoms with van der Waals surface area (Å²) in [7, 11) is 0. The van der Waals surface area contributed by atoms with Gasteiger partial charge in [0, 0.05) is 30.3 Å². The Labute approximate surface area is 233 Å². The van der Waals surface area contributed by atoms with E-state index in [9.17, 15) is 9.90 Å². The van der Waals surface area contributed by atoms with E-state index in [0.717, 1.165) is 67.0 Å². The van der Waals surface area contributed by atoms with Crippen molar-refractivity contribution >= 4 is 40.6 Å². The number of rotatable bonds is 7. The Morgan fingerprint density at radius 3 is 2.57 bits per heavy atom.